The molecule has 0 spiro atoms. The first-order valence-corrected chi connectivity index (χ1v) is 10.6. The average Bonchev–Trinajstić information content (AvgIpc) is 3.37. The third kappa shape index (κ3) is 4.62. The molecule has 2 aromatic rings. The van der Waals surface area contributed by atoms with Crippen molar-refractivity contribution in [3.8, 4) is 0 Å². The van der Waals surface area contributed by atoms with Gasteiger partial charge in [0, 0.05) is 17.3 Å². The van der Waals surface area contributed by atoms with Crippen LogP contribution in [-0.4, -0.2) is 48.7 Å². The molecular weight excluding hydrogens is 439 g/mol. The van der Waals surface area contributed by atoms with Crippen LogP contribution in [0.2, 0.25) is 5.02 Å². The number of hydrogen-bond donors (Lipinski definition) is 2. The van der Waals surface area contributed by atoms with Gasteiger partial charge in [-0.3, -0.25) is 9.69 Å². The average molecular weight is 461 g/mol. The van der Waals surface area contributed by atoms with Crippen LogP contribution in [0.3, 0.4) is 0 Å². The molecule has 10 heteroatoms. The predicted molar refractivity (Wildman–Crippen MR) is 118 cm³/mol. The van der Waals surface area contributed by atoms with E-state index in [-0.39, 0.29) is 18.2 Å². The maximum Gasteiger partial charge on any atom is 0.414 e. The van der Waals surface area contributed by atoms with E-state index in [9.17, 15) is 18.8 Å². The molecule has 0 aromatic heterocycles. The zero-order valence-electron chi connectivity index (χ0n) is 17.3. The van der Waals surface area contributed by atoms with E-state index in [1.54, 1.807) is 24.3 Å². The molecule has 2 atom stereocenters. The fourth-order valence-electron chi connectivity index (χ4n) is 3.86. The van der Waals surface area contributed by atoms with Crippen LogP contribution in [0.4, 0.5) is 31.0 Å². The molecule has 4 amide bonds. The lowest BCUT2D eigenvalue weighted by Crippen LogP contribution is -2.45. The fourth-order valence-corrected chi connectivity index (χ4v) is 3.99. The number of nitrogens with zero attached hydrogens (tertiary/aromatic N) is 2. The van der Waals surface area contributed by atoms with Crippen molar-refractivity contribution in [2.45, 2.75) is 19.4 Å². The summed E-state index contributed by atoms with van der Waals surface area (Å²) in [5, 5.41) is 5.88. The topological polar surface area (TPSA) is 91.0 Å². The molecule has 2 unspecified atom stereocenters. The minimum atomic E-state index is -0.745. The predicted octanol–water partition coefficient (Wildman–Crippen LogP) is 4.32. The van der Waals surface area contributed by atoms with Gasteiger partial charge in [0.15, 0.2) is 0 Å². The summed E-state index contributed by atoms with van der Waals surface area (Å²) in [4.78, 5) is 40.1. The van der Waals surface area contributed by atoms with Crippen LogP contribution in [0.1, 0.15) is 13.3 Å². The summed E-state index contributed by atoms with van der Waals surface area (Å²) >= 11 is 5.87. The molecule has 32 heavy (non-hydrogen) atoms. The zero-order valence-corrected chi connectivity index (χ0v) is 18.1. The minimum Gasteiger partial charge on any atom is -0.447 e. The molecule has 2 aromatic carbocycles. The van der Waals surface area contributed by atoms with E-state index in [2.05, 4.69) is 10.6 Å². The Bertz CT molecular complexity index is 1050. The van der Waals surface area contributed by atoms with Gasteiger partial charge in [-0.15, -0.1) is 0 Å². The molecule has 0 aliphatic carbocycles. The lowest BCUT2D eigenvalue weighted by Gasteiger charge is -2.24. The molecule has 4 rings (SSSR count). The highest BCUT2D eigenvalue weighted by molar-refractivity contribution is 6.30. The maximum absolute atomic E-state index is 14.6. The molecule has 2 heterocycles. The van der Waals surface area contributed by atoms with Gasteiger partial charge < -0.3 is 20.3 Å². The number of halogens is 2. The molecule has 0 bridgehead atoms. The highest BCUT2D eigenvalue weighted by Crippen LogP contribution is 2.28. The van der Waals surface area contributed by atoms with Gasteiger partial charge in [0.2, 0.25) is 5.91 Å². The largest absolute Gasteiger partial charge is 0.447 e. The van der Waals surface area contributed by atoms with E-state index in [1.807, 2.05) is 6.92 Å². The number of anilines is 3. The van der Waals surface area contributed by atoms with Crippen LogP contribution < -0.4 is 15.5 Å². The normalized spacial score (nSPS) is 20.3. The Morgan fingerprint density at radius 3 is 2.56 bits per heavy atom. The van der Waals surface area contributed by atoms with Gasteiger partial charge in [0.1, 0.15) is 18.5 Å². The van der Waals surface area contributed by atoms with Gasteiger partial charge in [-0.2, -0.15) is 0 Å². The second-order valence-corrected chi connectivity index (χ2v) is 8.30. The number of likely N-dealkylation sites (tertiary alicyclic amines) is 1. The summed E-state index contributed by atoms with van der Waals surface area (Å²) in [7, 11) is 0. The minimum absolute atomic E-state index is 0.0241. The lowest BCUT2D eigenvalue weighted by molar-refractivity contribution is -0.119. The molecule has 168 valence electrons. The number of rotatable bonds is 4. The molecule has 8 nitrogen and oxygen atoms in total. The Morgan fingerprint density at radius 1 is 1.16 bits per heavy atom. The Kier molecular flexibility index (Phi) is 6.18. The van der Waals surface area contributed by atoms with Crippen LogP contribution in [0, 0.1) is 11.7 Å². The summed E-state index contributed by atoms with van der Waals surface area (Å²) in [6.45, 7) is 2.92. The van der Waals surface area contributed by atoms with Crippen LogP contribution in [0.15, 0.2) is 42.5 Å². The van der Waals surface area contributed by atoms with E-state index < -0.39 is 29.9 Å². The molecule has 0 saturated carbocycles. The van der Waals surface area contributed by atoms with E-state index in [1.165, 1.54) is 28.0 Å². The Balaban J connectivity index is 1.44. The standard InChI is InChI=1S/C22H22ClFN4O4/c1-13-10-19(28(12-13)21(30)25-15-4-2-14(23)3-5-15)20(29)26-18-7-6-16(11-17(18)24)27-8-9-32-22(27)31/h2-7,11,13,19H,8-10,12H2,1H3,(H,25,30)(H,26,29). The molecule has 2 fully saturated rings. The summed E-state index contributed by atoms with van der Waals surface area (Å²) in [6.07, 6.45) is -0.0809. The van der Waals surface area contributed by atoms with Gasteiger partial charge in [-0.1, -0.05) is 18.5 Å². The summed E-state index contributed by atoms with van der Waals surface area (Å²) in [5.41, 5.74) is 0.880. The van der Waals surface area contributed by atoms with Gasteiger partial charge in [0.25, 0.3) is 0 Å². The molecular formula is C22H22ClFN4O4. The Hall–Kier alpha value is -3.33. The van der Waals surface area contributed by atoms with E-state index in [4.69, 9.17) is 16.3 Å². The van der Waals surface area contributed by atoms with Crippen LogP contribution >= 0.6 is 11.6 Å². The zero-order chi connectivity index (χ0) is 22.8. The van der Waals surface area contributed by atoms with Crippen molar-refractivity contribution >= 4 is 46.7 Å². The number of nitrogens with one attached hydrogen (secondary N) is 2. The summed E-state index contributed by atoms with van der Waals surface area (Å²) < 4.78 is 19.5. The van der Waals surface area contributed by atoms with Crippen LogP contribution in [0.5, 0.6) is 0 Å². The highest BCUT2D eigenvalue weighted by Gasteiger charge is 2.38. The first-order valence-electron chi connectivity index (χ1n) is 10.2. The van der Waals surface area contributed by atoms with Crippen molar-refractivity contribution in [2.75, 3.05) is 35.2 Å². The third-order valence-corrected chi connectivity index (χ3v) is 5.70. The smallest absolute Gasteiger partial charge is 0.414 e. The van der Waals surface area contributed by atoms with E-state index in [0.29, 0.717) is 35.9 Å². The van der Waals surface area contributed by atoms with Gasteiger partial charge in [-0.05, 0) is 54.8 Å². The number of ether oxygens (including phenoxy) is 1. The monoisotopic (exact) mass is 460 g/mol. The van der Waals surface area contributed by atoms with Crippen molar-refractivity contribution in [1.82, 2.24) is 4.90 Å². The maximum atomic E-state index is 14.6. The second kappa shape index (κ2) is 9.04. The molecule has 2 N–H and O–H groups in total. The Labute approximate surface area is 189 Å². The number of carbonyl (C=O) groups is 3. The van der Waals surface area contributed by atoms with Crippen molar-refractivity contribution in [1.29, 1.82) is 0 Å². The lowest BCUT2D eigenvalue weighted by atomic mass is 10.1. The van der Waals surface area contributed by atoms with E-state index >= 15 is 0 Å². The van der Waals surface area contributed by atoms with Crippen molar-refractivity contribution < 1.29 is 23.5 Å². The molecule has 2 aliphatic heterocycles. The molecule has 2 saturated heterocycles. The number of benzene rings is 2. The van der Waals surface area contributed by atoms with Crippen molar-refractivity contribution in [3.05, 3.63) is 53.3 Å². The van der Waals surface area contributed by atoms with Gasteiger partial charge >= 0.3 is 12.1 Å². The number of urea groups is 1. The van der Waals surface area contributed by atoms with Crippen LogP contribution in [-0.2, 0) is 9.53 Å². The number of cyclic esters (lactones) is 1. The van der Waals surface area contributed by atoms with Crippen molar-refractivity contribution in [3.63, 3.8) is 0 Å². The molecule has 0 radical (unpaired) electrons. The summed E-state index contributed by atoms with van der Waals surface area (Å²) in [6, 6.07) is 9.59. The highest BCUT2D eigenvalue weighted by atomic mass is 35.5. The summed E-state index contributed by atoms with van der Waals surface area (Å²) in [5.74, 6) is -1.05. The van der Waals surface area contributed by atoms with Gasteiger partial charge in [-0.25, -0.2) is 14.0 Å². The third-order valence-electron chi connectivity index (χ3n) is 5.45. The van der Waals surface area contributed by atoms with E-state index in [0.717, 1.165) is 0 Å². The van der Waals surface area contributed by atoms with Crippen LogP contribution in [0.25, 0.3) is 0 Å². The Morgan fingerprint density at radius 2 is 1.91 bits per heavy atom. The number of amides is 4. The fraction of sp³-hybridized carbons (Fsp3) is 0.318. The first kappa shape index (κ1) is 21.9. The SMILES string of the molecule is CC1CC(C(=O)Nc2ccc(N3CCOC3=O)cc2F)N(C(=O)Nc2ccc(Cl)cc2)C1. The first-order chi connectivity index (χ1) is 15.3. The second-order valence-electron chi connectivity index (χ2n) is 7.87. The molecule has 2 aliphatic rings. The number of carbonyl (C=O) groups excluding carboxylic acids is 3. The van der Waals surface area contributed by atoms with Gasteiger partial charge in [0.05, 0.1) is 17.9 Å². The van der Waals surface area contributed by atoms with Crippen molar-refractivity contribution in [2.24, 2.45) is 5.92 Å². The quantitative estimate of drug-likeness (QED) is 0.711. The number of hydrogen-bond acceptors (Lipinski definition) is 4.